The van der Waals surface area contributed by atoms with Crippen LogP contribution >= 0.6 is 0 Å². The molecule has 0 spiro atoms. The number of phenols is 1. The number of rotatable bonds is 3. The second-order valence-corrected chi connectivity index (χ2v) is 7.01. The highest BCUT2D eigenvalue weighted by Gasteiger charge is 2.47. The summed E-state index contributed by atoms with van der Waals surface area (Å²) in [5.41, 5.74) is 1.20. The lowest BCUT2D eigenvalue weighted by Crippen LogP contribution is -2.54. The van der Waals surface area contributed by atoms with Gasteiger partial charge in [-0.1, -0.05) is 12.1 Å². The Morgan fingerprint density at radius 2 is 1.68 bits per heavy atom. The van der Waals surface area contributed by atoms with E-state index < -0.39 is 0 Å². The fourth-order valence-corrected chi connectivity index (χ4v) is 5.16. The Morgan fingerprint density at radius 3 is 2.32 bits per heavy atom. The number of hydrogen-bond acceptors (Lipinski definition) is 2. The van der Waals surface area contributed by atoms with E-state index in [1.54, 1.807) is 6.07 Å². The fourth-order valence-electron chi connectivity index (χ4n) is 5.16. The van der Waals surface area contributed by atoms with Gasteiger partial charge in [0.05, 0.1) is 0 Å². The fraction of sp³-hybridized carbons (Fsp3) is 0.647. The highest BCUT2D eigenvalue weighted by atomic mass is 16.3. The van der Waals surface area contributed by atoms with Crippen molar-refractivity contribution in [2.75, 3.05) is 0 Å². The second-order valence-electron chi connectivity index (χ2n) is 7.01. The van der Waals surface area contributed by atoms with Crippen LogP contribution in [0.25, 0.3) is 0 Å². The average molecular weight is 257 g/mol. The number of aromatic hydroxyl groups is 1. The molecular weight excluding hydrogens is 234 g/mol. The number of nitrogens with one attached hydrogen (secondary N) is 1. The molecule has 4 fully saturated rings. The smallest absolute Gasteiger partial charge is 0.115 e. The molecule has 0 saturated heterocycles. The molecule has 0 aliphatic heterocycles. The van der Waals surface area contributed by atoms with Crippen molar-refractivity contribution >= 4 is 0 Å². The number of hydrogen-bond donors (Lipinski definition) is 2. The summed E-state index contributed by atoms with van der Waals surface area (Å²) in [6.07, 6.45) is 7.37. The highest BCUT2D eigenvalue weighted by molar-refractivity contribution is 5.27. The van der Waals surface area contributed by atoms with Crippen LogP contribution in [0.4, 0.5) is 0 Å². The molecule has 1 aromatic carbocycles. The van der Waals surface area contributed by atoms with Gasteiger partial charge < -0.3 is 10.4 Å². The molecule has 0 amide bonds. The van der Waals surface area contributed by atoms with E-state index in [4.69, 9.17) is 0 Å². The van der Waals surface area contributed by atoms with E-state index in [0.29, 0.717) is 5.75 Å². The van der Waals surface area contributed by atoms with Gasteiger partial charge in [-0.05, 0) is 73.5 Å². The van der Waals surface area contributed by atoms with Gasteiger partial charge in [0, 0.05) is 12.6 Å². The van der Waals surface area contributed by atoms with Crippen molar-refractivity contribution in [3.05, 3.63) is 29.8 Å². The molecule has 4 aliphatic carbocycles. The predicted octanol–water partition coefficient (Wildman–Crippen LogP) is 3.31. The maximum Gasteiger partial charge on any atom is 0.115 e. The van der Waals surface area contributed by atoms with Gasteiger partial charge in [-0.15, -0.1) is 0 Å². The quantitative estimate of drug-likeness (QED) is 0.870. The molecule has 5 rings (SSSR count). The summed E-state index contributed by atoms with van der Waals surface area (Å²) in [6, 6.07) is 8.39. The minimum Gasteiger partial charge on any atom is -0.508 e. The van der Waals surface area contributed by atoms with E-state index in [9.17, 15) is 5.11 Å². The number of phenolic OH excluding ortho intramolecular Hbond substituents is 1. The molecule has 0 heterocycles. The average Bonchev–Trinajstić information content (AvgIpc) is 2.37. The van der Waals surface area contributed by atoms with Crippen LogP contribution in [0.1, 0.15) is 37.7 Å². The van der Waals surface area contributed by atoms with Crippen LogP contribution in [0, 0.1) is 23.7 Å². The Kier molecular flexibility index (Phi) is 2.80. The van der Waals surface area contributed by atoms with Gasteiger partial charge in [-0.25, -0.2) is 0 Å². The standard InChI is InChI=1S/C17H23NO/c19-16-3-1-2-11(9-16)10-18-17-14-5-12-4-13(7-14)8-15(17)6-12/h1-3,9,12-15,17-19H,4-8,10H2. The monoisotopic (exact) mass is 257 g/mol. The van der Waals surface area contributed by atoms with Gasteiger partial charge in [-0.2, -0.15) is 0 Å². The summed E-state index contributed by atoms with van der Waals surface area (Å²) in [5, 5.41) is 13.3. The topological polar surface area (TPSA) is 32.3 Å². The van der Waals surface area contributed by atoms with Crippen molar-refractivity contribution in [2.24, 2.45) is 23.7 Å². The molecule has 0 aromatic heterocycles. The molecule has 4 aliphatic rings. The third-order valence-corrected chi connectivity index (χ3v) is 5.68. The summed E-state index contributed by atoms with van der Waals surface area (Å²) in [4.78, 5) is 0. The van der Waals surface area contributed by atoms with Crippen molar-refractivity contribution in [3.8, 4) is 5.75 Å². The van der Waals surface area contributed by atoms with Gasteiger partial charge >= 0.3 is 0 Å². The lowest BCUT2D eigenvalue weighted by molar-refractivity contribution is -0.0142. The van der Waals surface area contributed by atoms with E-state index >= 15 is 0 Å². The van der Waals surface area contributed by atoms with Gasteiger partial charge in [0.15, 0.2) is 0 Å². The van der Waals surface area contributed by atoms with Crippen LogP contribution in [0.3, 0.4) is 0 Å². The molecule has 102 valence electrons. The molecule has 4 bridgehead atoms. The third-order valence-electron chi connectivity index (χ3n) is 5.68. The maximum absolute atomic E-state index is 9.52. The Labute approximate surface area is 115 Å². The summed E-state index contributed by atoms with van der Waals surface area (Å²) < 4.78 is 0. The molecular formula is C17H23NO. The lowest BCUT2D eigenvalue weighted by Gasteiger charge is -2.54. The first-order valence-electron chi connectivity index (χ1n) is 7.79. The predicted molar refractivity (Wildman–Crippen MR) is 75.8 cm³/mol. The molecule has 0 radical (unpaired) electrons. The Morgan fingerprint density at radius 1 is 1.00 bits per heavy atom. The summed E-state index contributed by atoms with van der Waals surface area (Å²) in [6.45, 7) is 0.904. The van der Waals surface area contributed by atoms with Gasteiger partial charge in [0.25, 0.3) is 0 Å². The Bertz CT molecular complexity index is 442. The van der Waals surface area contributed by atoms with Crippen LogP contribution in [-0.2, 0) is 6.54 Å². The second kappa shape index (κ2) is 4.52. The zero-order valence-corrected chi connectivity index (χ0v) is 11.4. The van der Waals surface area contributed by atoms with Crippen molar-refractivity contribution in [3.63, 3.8) is 0 Å². The van der Waals surface area contributed by atoms with E-state index in [-0.39, 0.29) is 0 Å². The largest absolute Gasteiger partial charge is 0.508 e. The highest BCUT2D eigenvalue weighted by Crippen LogP contribution is 2.53. The molecule has 0 atom stereocenters. The first kappa shape index (κ1) is 11.8. The summed E-state index contributed by atoms with van der Waals surface area (Å²) >= 11 is 0. The van der Waals surface area contributed by atoms with Crippen molar-refractivity contribution in [1.82, 2.24) is 5.32 Å². The SMILES string of the molecule is Oc1cccc(CNC2C3CC4CC(C3)CC2C4)c1. The van der Waals surface area contributed by atoms with Gasteiger partial charge in [0.1, 0.15) is 5.75 Å². The van der Waals surface area contributed by atoms with Gasteiger partial charge in [-0.3, -0.25) is 0 Å². The lowest BCUT2D eigenvalue weighted by atomic mass is 9.54. The maximum atomic E-state index is 9.52. The molecule has 1 aromatic rings. The summed E-state index contributed by atoms with van der Waals surface area (Å²) in [7, 11) is 0. The Balaban J connectivity index is 1.43. The van der Waals surface area contributed by atoms with Gasteiger partial charge in [0.2, 0.25) is 0 Å². The van der Waals surface area contributed by atoms with Crippen molar-refractivity contribution in [2.45, 2.75) is 44.7 Å². The molecule has 4 saturated carbocycles. The van der Waals surface area contributed by atoms with Crippen LogP contribution in [0.5, 0.6) is 5.75 Å². The van der Waals surface area contributed by atoms with Crippen molar-refractivity contribution < 1.29 is 5.11 Å². The van der Waals surface area contributed by atoms with Crippen LogP contribution in [0.15, 0.2) is 24.3 Å². The van der Waals surface area contributed by atoms with E-state index in [1.807, 2.05) is 12.1 Å². The molecule has 2 heteroatoms. The van der Waals surface area contributed by atoms with E-state index in [2.05, 4.69) is 11.4 Å². The van der Waals surface area contributed by atoms with Crippen molar-refractivity contribution in [1.29, 1.82) is 0 Å². The van der Waals surface area contributed by atoms with E-state index in [0.717, 1.165) is 36.3 Å². The molecule has 2 N–H and O–H groups in total. The third kappa shape index (κ3) is 2.16. The minimum absolute atomic E-state index is 0.379. The molecule has 19 heavy (non-hydrogen) atoms. The van der Waals surface area contributed by atoms with Crippen LogP contribution < -0.4 is 5.32 Å². The first-order chi connectivity index (χ1) is 9.28. The first-order valence-corrected chi connectivity index (χ1v) is 7.79. The van der Waals surface area contributed by atoms with E-state index in [1.165, 1.54) is 37.7 Å². The summed E-state index contributed by atoms with van der Waals surface area (Å²) in [5.74, 6) is 4.31. The molecule has 0 unspecified atom stereocenters. The zero-order valence-electron chi connectivity index (χ0n) is 11.4. The van der Waals surface area contributed by atoms with Crippen LogP contribution in [-0.4, -0.2) is 11.1 Å². The molecule has 2 nitrogen and oxygen atoms in total. The van der Waals surface area contributed by atoms with Crippen LogP contribution in [0.2, 0.25) is 0 Å². The zero-order chi connectivity index (χ0) is 12.8. The number of benzene rings is 1. The normalized spacial score (nSPS) is 39.7. The Hall–Kier alpha value is -1.02. The minimum atomic E-state index is 0.379.